The van der Waals surface area contributed by atoms with E-state index in [0.29, 0.717) is 22.0 Å². The third kappa shape index (κ3) is 2.50. The van der Waals surface area contributed by atoms with Gasteiger partial charge in [-0.3, -0.25) is 4.79 Å². The molecule has 4 rings (SSSR count). The van der Waals surface area contributed by atoms with E-state index in [9.17, 15) is 9.90 Å². The van der Waals surface area contributed by atoms with E-state index in [0.717, 1.165) is 5.56 Å². The molecule has 1 N–H and O–H groups in total. The molecule has 1 amide bonds. The predicted octanol–water partition coefficient (Wildman–Crippen LogP) is 2.46. The molecule has 0 radical (unpaired) electrons. The summed E-state index contributed by atoms with van der Waals surface area (Å²) in [4.78, 5) is 14.1. The number of hydrogen-bond acceptors (Lipinski definition) is 4. The number of aromatic nitrogens is 3. The van der Waals surface area contributed by atoms with Crippen molar-refractivity contribution < 1.29 is 9.90 Å². The van der Waals surface area contributed by atoms with Gasteiger partial charge in [-0.15, -0.1) is 5.10 Å². The van der Waals surface area contributed by atoms with Crippen molar-refractivity contribution in [2.24, 2.45) is 0 Å². The molecule has 0 aliphatic carbocycles. The van der Waals surface area contributed by atoms with Crippen molar-refractivity contribution in [2.45, 2.75) is 12.1 Å². The van der Waals surface area contributed by atoms with E-state index in [-0.39, 0.29) is 6.54 Å². The number of halogens is 1. The average Bonchev–Trinajstić information content (AvgIpc) is 3.15. The number of rotatable bonds is 3. The normalized spacial score (nSPS) is 19.3. The van der Waals surface area contributed by atoms with Crippen molar-refractivity contribution in [2.75, 3.05) is 11.9 Å². The van der Waals surface area contributed by atoms with Crippen molar-refractivity contribution >= 4 is 23.2 Å². The van der Waals surface area contributed by atoms with Gasteiger partial charge in [-0.2, -0.15) is 0 Å². The van der Waals surface area contributed by atoms with Crippen LogP contribution in [0.25, 0.3) is 11.3 Å². The second-order valence-electron chi connectivity index (χ2n) is 6.05. The fourth-order valence-corrected chi connectivity index (χ4v) is 3.31. The van der Waals surface area contributed by atoms with Crippen LogP contribution in [0.2, 0.25) is 5.02 Å². The number of likely N-dealkylation sites (N-methyl/N-ethyl adjacent to an activating group) is 1. The monoisotopic (exact) mass is 354 g/mol. The van der Waals surface area contributed by atoms with Crippen LogP contribution < -0.4 is 4.90 Å². The van der Waals surface area contributed by atoms with Gasteiger partial charge in [-0.25, -0.2) is 4.68 Å². The van der Waals surface area contributed by atoms with Crippen LogP contribution in [0.3, 0.4) is 0 Å². The molecular formula is C18H15ClN4O2. The van der Waals surface area contributed by atoms with Gasteiger partial charge < -0.3 is 10.0 Å². The number of aliphatic hydroxyl groups is 1. The minimum Gasteiger partial charge on any atom is -0.374 e. The van der Waals surface area contributed by atoms with Crippen molar-refractivity contribution in [1.82, 2.24) is 15.0 Å². The lowest BCUT2D eigenvalue weighted by Gasteiger charge is -2.21. The molecule has 3 aromatic rings. The van der Waals surface area contributed by atoms with E-state index in [1.807, 2.05) is 30.3 Å². The molecule has 0 saturated heterocycles. The molecule has 2 aromatic carbocycles. The molecule has 1 unspecified atom stereocenters. The third-order valence-electron chi connectivity index (χ3n) is 4.42. The second-order valence-corrected chi connectivity index (χ2v) is 6.49. The summed E-state index contributed by atoms with van der Waals surface area (Å²) >= 11 is 6.06. The van der Waals surface area contributed by atoms with Gasteiger partial charge in [-0.05, 0) is 18.2 Å². The quantitative estimate of drug-likeness (QED) is 0.784. The van der Waals surface area contributed by atoms with E-state index in [4.69, 9.17) is 11.6 Å². The lowest BCUT2D eigenvalue weighted by molar-refractivity contribution is -0.137. The van der Waals surface area contributed by atoms with E-state index in [2.05, 4.69) is 10.3 Å². The fraction of sp³-hybridized carbons (Fsp3) is 0.167. The topological polar surface area (TPSA) is 71.2 Å². The van der Waals surface area contributed by atoms with E-state index >= 15 is 0 Å². The molecule has 1 aliphatic heterocycles. The highest BCUT2D eigenvalue weighted by atomic mass is 35.5. The van der Waals surface area contributed by atoms with E-state index < -0.39 is 11.5 Å². The summed E-state index contributed by atoms with van der Waals surface area (Å²) in [5, 5.41) is 19.8. The Labute approximate surface area is 149 Å². The summed E-state index contributed by atoms with van der Waals surface area (Å²) in [6.45, 7) is -0.0383. The number of anilines is 1. The van der Waals surface area contributed by atoms with Crippen LogP contribution in [-0.2, 0) is 16.9 Å². The second kappa shape index (κ2) is 5.68. The zero-order chi connectivity index (χ0) is 17.6. The maximum Gasteiger partial charge on any atom is 0.265 e. The lowest BCUT2D eigenvalue weighted by atomic mass is 9.95. The molecule has 1 aromatic heterocycles. The van der Waals surface area contributed by atoms with Gasteiger partial charge in [0.15, 0.2) is 5.60 Å². The van der Waals surface area contributed by atoms with Crippen LogP contribution in [0.15, 0.2) is 54.7 Å². The van der Waals surface area contributed by atoms with E-state index in [1.165, 1.54) is 9.58 Å². The van der Waals surface area contributed by atoms with Crippen molar-refractivity contribution in [3.63, 3.8) is 0 Å². The van der Waals surface area contributed by atoms with Gasteiger partial charge >= 0.3 is 0 Å². The van der Waals surface area contributed by atoms with Gasteiger partial charge in [0.1, 0.15) is 5.69 Å². The highest BCUT2D eigenvalue weighted by molar-refractivity contribution is 6.31. The smallest absolute Gasteiger partial charge is 0.265 e. The standard InChI is InChI=1S/C18H15ClN4O2/c1-22-16-8-7-13(19)9-14(16)18(25,17(22)24)11-23-10-15(20-21-23)12-5-3-2-4-6-12/h2-10,25H,11H2,1H3. The maximum absolute atomic E-state index is 12.6. The number of carbonyl (C=O) groups excluding carboxylic acids is 1. The number of amides is 1. The first-order valence-electron chi connectivity index (χ1n) is 7.75. The van der Waals surface area contributed by atoms with Crippen LogP contribution in [0.1, 0.15) is 5.56 Å². The molecule has 25 heavy (non-hydrogen) atoms. The molecule has 0 fully saturated rings. The molecule has 6 nitrogen and oxygen atoms in total. The Morgan fingerprint density at radius 2 is 1.96 bits per heavy atom. The first kappa shape index (κ1) is 15.8. The average molecular weight is 355 g/mol. The van der Waals surface area contributed by atoms with Crippen LogP contribution in [0, 0.1) is 0 Å². The summed E-state index contributed by atoms with van der Waals surface area (Å²) in [6, 6.07) is 14.6. The number of nitrogens with zero attached hydrogens (tertiary/aromatic N) is 4. The summed E-state index contributed by atoms with van der Waals surface area (Å²) in [5.74, 6) is -0.415. The molecule has 1 aliphatic rings. The number of benzene rings is 2. The van der Waals surface area contributed by atoms with Crippen LogP contribution in [0.5, 0.6) is 0 Å². The molecule has 126 valence electrons. The maximum atomic E-state index is 12.6. The van der Waals surface area contributed by atoms with Gasteiger partial charge in [0, 0.05) is 23.2 Å². The number of hydrogen-bond donors (Lipinski definition) is 1. The summed E-state index contributed by atoms with van der Waals surface area (Å²) < 4.78 is 1.48. The highest BCUT2D eigenvalue weighted by Gasteiger charge is 2.49. The number of fused-ring (bicyclic) bond motifs is 1. The SMILES string of the molecule is CN1C(=O)C(O)(Cn2cc(-c3ccccc3)nn2)c2cc(Cl)ccc21. The Kier molecular flexibility index (Phi) is 3.59. The van der Waals surface area contributed by atoms with Gasteiger partial charge in [0.2, 0.25) is 0 Å². The molecule has 0 spiro atoms. The Morgan fingerprint density at radius 3 is 2.72 bits per heavy atom. The fourth-order valence-electron chi connectivity index (χ4n) is 3.14. The third-order valence-corrected chi connectivity index (χ3v) is 4.66. The van der Waals surface area contributed by atoms with Crippen molar-refractivity contribution in [1.29, 1.82) is 0 Å². The predicted molar refractivity (Wildman–Crippen MR) is 94.2 cm³/mol. The molecule has 0 bridgehead atoms. The van der Waals surface area contributed by atoms with Crippen LogP contribution in [-0.4, -0.2) is 33.1 Å². The van der Waals surface area contributed by atoms with Crippen molar-refractivity contribution in [3.8, 4) is 11.3 Å². The Morgan fingerprint density at radius 1 is 1.20 bits per heavy atom. The van der Waals surface area contributed by atoms with Gasteiger partial charge in [-0.1, -0.05) is 47.1 Å². The molecule has 1 atom stereocenters. The summed E-state index contributed by atoms with van der Waals surface area (Å²) in [7, 11) is 1.63. The minimum atomic E-state index is -1.73. The summed E-state index contributed by atoms with van der Waals surface area (Å²) in [5.41, 5.74) is 0.981. The molecule has 2 heterocycles. The first-order chi connectivity index (χ1) is 12.0. The Hall–Kier alpha value is -2.70. The largest absolute Gasteiger partial charge is 0.374 e. The zero-order valence-corrected chi connectivity index (χ0v) is 14.2. The lowest BCUT2D eigenvalue weighted by Crippen LogP contribution is -2.42. The van der Waals surface area contributed by atoms with Gasteiger partial charge in [0.05, 0.1) is 18.4 Å². The zero-order valence-electron chi connectivity index (χ0n) is 13.4. The Bertz CT molecular complexity index is 957. The number of carbonyl (C=O) groups is 1. The first-order valence-corrected chi connectivity index (χ1v) is 8.13. The van der Waals surface area contributed by atoms with Crippen LogP contribution >= 0.6 is 11.6 Å². The van der Waals surface area contributed by atoms with E-state index in [1.54, 1.807) is 31.4 Å². The molecule has 0 saturated carbocycles. The minimum absolute atomic E-state index is 0.0383. The highest BCUT2D eigenvalue weighted by Crippen LogP contribution is 2.41. The van der Waals surface area contributed by atoms with Crippen LogP contribution in [0.4, 0.5) is 5.69 Å². The Balaban J connectivity index is 1.70. The summed E-state index contributed by atoms with van der Waals surface area (Å²) in [6.07, 6.45) is 1.71. The molecular weight excluding hydrogens is 340 g/mol. The van der Waals surface area contributed by atoms with Crippen molar-refractivity contribution in [3.05, 3.63) is 65.3 Å². The molecule has 7 heteroatoms. The van der Waals surface area contributed by atoms with Gasteiger partial charge in [0.25, 0.3) is 5.91 Å².